The minimum absolute atomic E-state index is 0.624. The molecule has 0 atom stereocenters. The van der Waals surface area contributed by atoms with E-state index < -0.39 is 0 Å². The average Bonchev–Trinajstić information content (AvgIpc) is 3.16. The Morgan fingerprint density at radius 2 is 1.78 bits per heavy atom. The first-order valence-corrected chi connectivity index (χ1v) is 9.08. The monoisotopic (exact) mass is 368 g/mol. The molecule has 2 nitrogen and oxygen atoms in total. The molecule has 4 aromatic rings. The summed E-state index contributed by atoms with van der Waals surface area (Å²) < 4.78 is 2.03. The van der Waals surface area contributed by atoms with Crippen LogP contribution in [0.1, 0.15) is 16.8 Å². The van der Waals surface area contributed by atoms with Gasteiger partial charge < -0.3 is 4.57 Å². The molecule has 4 rings (SSSR count). The second kappa shape index (κ2) is 7.15. The lowest BCUT2D eigenvalue weighted by Crippen LogP contribution is -1.96. The Morgan fingerprint density at radius 3 is 2.56 bits per heavy atom. The van der Waals surface area contributed by atoms with E-state index in [0.29, 0.717) is 5.57 Å². The van der Waals surface area contributed by atoms with Crippen LogP contribution in [0, 0.1) is 18.3 Å². The first-order chi connectivity index (χ1) is 13.2. The van der Waals surface area contributed by atoms with Gasteiger partial charge >= 0.3 is 0 Å². The quantitative estimate of drug-likeness (QED) is 0.372. The maximum atomic E-state index is 9.74. The van der Waals surface area contributed by atoms with Crippen molar-refractivity contribution in [1.82, 2.24) is 4.57 Å². The molecule has 0 aliphatic heterocycles. The fourth-order valence-corrected chi connectivity index (χ4v) is 3.34. The summed E-state index contributed by atoms with van der Waals surface area (Å²) in [6.07, 6.45) is 3.89. The zero-order chi connectivity index (χ0) is 18.8. The van der Waals surface area contributed by atoms with Crippen molar-refractivity contribution in [3.8, 4) is 11.8 Å². The summed E-state index contributed by atoms with van der Waals surface area (Å²) in [4.78, 5) is 0. The Kier molecular flexibility index (Phi) is 4.54. The summed E-state index contributed by atoms with van der Waals surface area (Å²) in [6.45, 7) is 1.98. The summed E-state index contributed by atoms with van der Waals surface area (Å²) >= 11 is 6.29. The number of rotatable bonds is 3. The topological polar surface area (TPSA) is 28.7 Å². The van der Waals surface area contributed by atoms with Gasteiger partial charge in [0.05, 0.1) is 11.6 Å². The van der Waals surface area contributed by atoms with Crippen molar-refractivity contribution in [1.29, 1.82) is 5.26 Å². The normalized spacial score (nSPS) is 11.5. The van der Waals surface area contributed by atoms with Gasteiger partial charge in [0, 0.05) is 22.6 Å². The van der Waals surface area contributed by atoms with Crippen LogP contribution < -0.4 is 0 Å². The molecule has 0 aliphatic rings. The molecule has 0 saturated heterocycles. The Hall–Kier alpha value is -3.28. The molecule has 27 heavy (non-hydrogen) atoms. The van der Waals surface area contributed by atoms with Crippen molar-refractivity contribution in [2.24, 2.45) is 0 Å². The number of halogens is 1. The molecule has 0 amide bonds. The molecule has 0 bridgehead atoms. The lowest BCUT2D eigenvalue weighted by molar-refractivity contribution is 1.06. The van der Waals surface area contributed by atoms with E-state index in [2.05, 4.69) is 30.3 Å². The number of hydrogen-bond acceptors (Lipinski definition) is 1. The Bertz CT molecular complexity index is 1210. The second-order valence-electron chi connectivity index (χ2n) is 6.47. The van der Waals surface area contributed by atoms with Gasteiger partial charge in [-0.2, -0.15) is 5.26 Å². The smallest absolute Gasteiger partial charge is 0.0998 e. The molecule has 1 aromatic heterocycles. The minimum atomic E-state index is 0.624. The fourth-order valence-electron chi connectivity index (χ4n) is 3.16. The maximum absolute atomic E-state index is 9.74. The average molecular weight is 369 g/mol. The highest BCUT2D eigenvalue weighted by atomic mass is 35.5. The Balaban J connectivity index is 1.78. The van der Waals surface area contributed by atoms with Gasteiger partial charge in [-0.3, -0.25) is 0 Å². The molecule has 0 fully saturated rings. The van der Waals surface area contributed by atoms with Crippen molar-refractivity contribution in [3.63, 3.8) is 0 Å². The van der Waals surface area contributed by atoms with Gasteiger partial charge in [0.2, 0.25) is 0 Å². The summed E-state index contributed by atoms with van der Waals surface area (Å²) in [5.41, 5.74) is 4.47. The SMILES string of the molecule is Cc1ccc(-n2cccc2/C=C(/C#N)c2ccc3ccccc3c2)cc1Cl. The Labute approximate surface area is 163 Å². The molecular formula is C24H17ClN2. The molecule has 0 unspecified atom stereocenters. The van der Waals surface area contributed by atoms with E-state index >= 15 is 0 Å². The highest BCUT2D eigenvalue weighted by Gasteiger charge is 2.07. The van der Waals surface area contributed by atoms with Crippen LogP contribution in [0.5, 0.6) is 0 Å². The fraction of sp³-hybridized carbons (Fsp3) is 0.0417. The standard InChI is InChI=1S/C24H17ClN2/c1-17-8-11-23(15-24(17)25)27-12-4-7-22(27)14-21(16-26)20-10-9-18-5-2-3-6-19(18)13-20/h2-15H,1H3/b21-14-. The third-order valence-electron chi connectivity index (χ3n) is 4.69. The van der Waals surface area contributed by atoms with Crippen LogP contribution in [0.15, 0.2) is 79.0 Å². The number of nitriles is 1. The van der Waals surface area contributed by atoms with E-state index in [9.17, 15) is 5.26 Å². The van der Waals surface area contributed by atoms with Gasteiger partial charge in [0.15, 0.2) is 0 Å². The number of fused-ring (bicyclic) bond motifs is 1. The van der Waals surface area contributed by atoms with Gasteiger partial charge in [-0.25, -0.2) is 0 Å². The van der Waals surface area contributed by atoms with Crippen molar-refractivity contribution < 1.29 is 0 Å². The largest absolute Gasteiger partial charge is 0.317 e. The maximum Gasteiger partial charge on any atom is 0.0998 e. The van der Waals surface area contributed by atoms with Crippen LogP contribution in [-0.4, -0.2) is 4.57 Å². The third-order valence-corrected chi connectivity index (χ3v) is 5.09. The van der Waals surface area contributed by atoms with Gasteiger partial charge in [-0.1, -0.05) is 54.1 Å². The molecule has 3 aromatic carbocycles. The number of aryl methyl sites for hydroxylation is 1. The highest BCUT2D eigenvalue weighted by Crippen LogP contribution is 2.25. The first-order valence-electron chi connectivity index (χ1n) is 8.70. The number of hydrogen-bond donors (Lipinski definition) is 0. The van der Waals surface area contributed by atoms with Gasteiger partial charge in [0.1, 0.15) is 0 Å². The summed E-state index contributed by atoms with van der Waals surface area (Å²) in [5.74, 6) is 0. The molecule has 0 saturated carbocycles. The van der Waals surface area contributed by atoms with Crippen LogP contribution in [0.25, 0.3) is 28.1 Å². The molecule has 0 spiro atoms. The van der Waals surface area contributed by atoms with Gasteiger partial charge in [-0.05, 0) is 65.2 Å². The van der Waals surface area contributed by atoms with Crippen LogP contribution in [0.3, 0.4) is 0 Å². The predicted octanol–water partition coefficient (Wildman–Crippen LogP) is 6.66. The molecule has 3 heteroatoms. The number of benzene rings is 3. The van der Waals surface area contributed by atoms with Crippen LogP contribution in [0.2, 0.25) is 5.02 Å². The predicted molar refractivity (Wildman–Crippen MR) is 113 cm³/mol. The molecular weight excluding hydrogens is 352 g/mol. The lowest BCUT2D eigenvalue weighted by atomic mass is 10.0. The van der Waals surface area contributed by atoms with E-state index in [1.807, 2.05) is 72.3 Å². The minimum Gasteiger partial charge on any atom is -0.317 e. The highest BCUT2D eigenvalue weighted by molar-refractivity contribution is 6.31. The second-order valence-corrected chi connectivity index (χ2v) is 6.88. The van der Waals surface area contributed by atoms with Crippen molar-refractivity contribution in [2.75, 3.05) is 0 Å². The lowest BCUT2D eigenvalue weighted by Gasteiger charge is -2.09. The van der Waals surface area contributed by atoms with E-state index in [0.717, 1.165) is 38.3 Å². The number of nitrogens with zero attached hydrogens (tertiary/aromatic N) is 2. The zero-order valence-corrected chi connectivity index (χ0v) is 15.6. The van der Waals surface area contributed by atoms with Gasteiger partial charge in [0.25, 0.3) is 0 Å². The zero-order valence-electron chi connectivity index (χ0n) is 14.9. The number of aromatic nitrogens is 1. The first kappa shape index (κ1) is 17.1. The van der Waals surface area contributed by atoms with Crippen molar-refractivity contribution in [3.05, 3.63) is 101 Å². The third kappa shape index (κ3) is 3.38. The van der Waals surface area contributed by atoms with E-state index in [1.165, 1.54) is 0 Å². The van der Waals surface area contributed by atoms with E-state index in [1.54, 1.807) is 0 Å². The van der Waals surface area contributed by atoms with Crippen molar-refractivity contribution >= 4 is 34.0 Å². The van der Waals surface area contributed by atoms with Crippen LogP contribution >= 0.6 is 11.6 Å². The number of allylic oxidation sites excluding steroid dienone is 1. The summed E-state index contributed by atoms with van der Waals surface area (Å²) in [6, 6.07) is 26.5. The summed E-state index contributed by atoms with van der Waals surface area (Å²) in [5, 5.41) is 12.8. The molecule has 0 aliphatic carbocycles. The summed E-state index contributed by atoms with van der Waals surface area (Å²) in [7, 11) is 0. The van der Waals surface area contributed by atoms with Gasteiger partial charge in [-0.15, -0.1) is 0 Å². The molecule has 1 heterocycles. The van der Waals surface area contributed by atoms with E-state index in [4.69, 9.17) is 11.6 Å². The van der Waals surface area contributed by atoms with E-state index in [-0.39, 0.29) is 0 Å². The Morgan fingerprint density at radius 1 is 0.963 bits per heavy atom. The molecule has 0 N–H and O–H groups in total. The molecule has 130 valence electrons. The van der Waals surface area contributed by atoms with Crippen LogP contribution in [0.4, 0.5) is 0 Å². The molecule has 0 radical (unpaired) electrons. The van der Waals surface area contributed by atoms with Crippen molar-refractivity contribution in [2.45, 2.75) is 6.92 Å². The van der Waals surface area contributed by atoms with Crippen LogP contribution in [-0.2, 0) is 0 Å².